The van der Waals surface area contributed by atoms with E-state index >= 15 is 0 Å². The van der Waals surface area contributed by atoms with Gasteiger partial charge in [-0.2, -0.15) is 4.80 Å². The van der Waals surface area contributed by atoms with Crippen molar-refractivity contribution >= 4 is 17.3 Å². The third-order valence-corrected chi connectivity index (χ3v) is 6.57. The number of thiophene rings is 1. The van der Waals surface area contributed by atoms with Crippen LogP contribution in [0, 0.1) is 6.92 Å². The number of aryl methyl sites for hydroxylation is 2. The Labute approximate surface area is 201 Å². The zero-order valence-corrected chi connectivity index (χ0v) is 20.1. The van der Waals surface area contributed by atoms with E-state index in [4.69, 9.17) is 9.47 Å². The summed E-state index contributed by atoms with van der Waals surface area (Å²) in [6.45, 7) is 4.70. The molecule has 0 saturated heterocycles. The topological polar surface area (TPSA) is 99.4 Å². The number of hydrogen-bond acceptors (Lipinski definition) is 7. The van der Waals surface area contributed by atoms with E-state index in [1.807, 2.05) is 36.4 Å². The molecular weight excluding hydrogens is 452 g/mol. The molecular formula is C25H26N4O4S. The van der Waals surface area contributed by atoms with Gasteiger partial charge in [-0.05, 0) is 54.0 Å². The minimum Gasteiger partial charge on any atom is -0.488 e. The van der Waals surface area contributed by atoms with E-state index < -0.39 is 12.1 Å². The molecule has 2 aromatic heterocycles. The van der Waals surface area contributed by atoms with Crippen LogP contribution >= 0.6 is 11.3 Å². The van der Waals surface area contributed by atoms with Crippen molar-refractivity contribution in [3.05, 3.63) is 70.6 Å². The Morgan fingerprint density at radius 1 is 1.12 bits per heavy atom. The van der Waals surface area contributed by atoms with Crippen molar-refractivity contribution in [1.82, 2.24) is 20.2 Å². The Balaban J connectivity index is 1.38. The maximum absolute atomic E-state index is 11.3. The summed E-state index contributed by atoms with van der Waals surface area (Å²) in [5.41, 5.74) is 4.12. The summed E-state index contributed by atoms with van der Waals surface area (Å²) in [6, 6.07) is 17.8. The van der Waals surface area contributed by atoms with Gasteiger partial charge in [0.05, 0.1) is 7.05 Å². The van der Waals surface area contributed by atoms with Crippen molar-refractivity contribution in [1.29, 1.82) is 0 Å². The summed E-state index contributed by atoms with van der Waals surface area (Å²) in [5, 5.41) is 21.4. The number of hydrogen-bond donors (Lipinski definition) is 1. The molecule has 0 aliphatic heterocycles. The molecule has 1 atom stereocenters. The standard InChI is InChI=1S/C25H26N4O4S/c1-4-32-21(25(30)31)14-17-5-11-20(12-6-17)33-15-23-16(2)13-22(34-23)18-7-9-19(10-8-18)24-26-28-29(3)27-24/h5-13,21H,4,14-15H2,1-3H3,(H,30,31)/t21-/m0/s1. The number of carbonyl (C=O) groups is 1. The van der Waals surface area contributed by atoms with Crippen LogP contribution in [0.2, 0.25) is 0 Å². The van der Waals surface area contributed by atoms with Gasteiger partial charge in [-0.3, -0.25) is 0 Å². The molecule has 0 radical (unpaired) electrons. The smallest absolute Gasteiger partial charge is 0.333 e. The molecule has 0 saturated carbocycles. The predicted octanol–water partition coefficient (Wildman–Crippen LogP) is 4.53. The lowest BCUT2D eigenvalue weighted by molar-refractivity contribution is -0.149. The number of ether oxygens (including phenoxy) is 2. The van der Waals surface area contributed by atoms with Crippen molar-refractivity contribution in [2.24, 2.45) is 7.05 Å². The quantitative estimate of drug-likeness (QED) is 0.358. The SMILES string of the molecule is CCO[C@@H](Cc1ccc(OCc2sc(-c3ccc(-c4nnn(C)n4)cc3)cc2C)cc1)C(=O)O. The molecule has 2 aromatic carbocycles. The second kappa shape index (κ2) is 10.6. The van der Waals surface area contributed by atoms with Gasteiger partial charge in [0.1, 0.15) is 12.4 Å². The molecule has 0 bridgehead atoms. The van der Waals surface area contributed by atoms with E-state index in [1.54, 1.807) is 25.3 Å². The van der Waals surface area contributed by atoms with Crippen LogP contribution in [0.3, 0.4) is 0 Å². The summed E-state index contributed by atoms with van der Waals surface area (Å²) >= 11 is 1.70. The largest absolute Gasteiger partial charge is 0.488 e. The molecule has 34 heavy (non-hydrogen) atoms. The summed E-state index contributed by atoms with van der Waals surface area (Å²) in [7, 11) is 1.74. The highest BCUT2D eigenvalue weighted by molar-refractivity contribution is 7.15. The highest BCUT2D eigenvalue weighted by Crippen LogP contribution is 2.33. The molecule has 0 amide bonds. The first-order chi connectivity index (χ1) is 16.4. The zero-order valence-electron chi connectivity index (χ0n) is 19.3. The molecule has 1 N–H and O–H groups in total. The number of rotatable bonds is 10. The first kappa shape index (κ1) is 23.6. The lowest BCUT2D eigenvalue weighted by Crippen LogP contribution is -2.26. The average Bonchev–Trinajstić information content (AvgIpc) is 3.43. The van der Waals surface area contributed by atoms with Gasteiger partial charge < -0.3 is 14.6 Å². The van der Waals surface area contributed by atoms with Crippen molar-refractivity contribution in [2.75, 3.05) is 6.61 Å². The zero-order chi connectivity index (χ0) is 24.1. The van der Waals surface area contributed by atoms with Crippen LogP contribution < -0.4 is 4.74 Å². The Kier molecular flexibility index (Phi) is 7.34. The molecule has 0 spiro atoms. The van der Waals surface area contributed by atoms with Gasteiger partial charge in [0.15, 0.2) is 6.10 Å². The van der Waals surface area contributed by atoms with Crippen LogP contribution in [0.15, 0.2) is 54.6 Å². The van der Waals surface area contributed by atoms with E-state index in [9.17, 15) is 9.90 Å². The first-order valence-corrected chi connectivity index (χ1v) is 11.7. The molecule has 0 aliphatic rings. The number of tetrazole rings is 1. The number of benzene rings is 2. The Bertz CT molecular complexity index is 1250. The Hall–Kier alpha value is -3.56. The molecule has 2 heterocycles. The monoisotopic (exact) mass is 478 g/mol. The number of nitrogens with zero attached hydrogens (tertiary/aromatic N) is 4. The molecule has 4 aromatic rings. The van der Waals surface area contributed by atoms with E-state index in [0.29, 0.717) is 25.5 Å². The van der Waals surface area contributed by atoms with Gasteiger partial charge in [0.2, 0.25) is 5.82 Å². The van der Waals surface area contributed by atoms with Gasteiger partial charge in [0.25, 0.3) is 0 Å². The maximum Gasteiger partial charge on any atom is 0.333 e. The normalized spacial score (nSPS) is 12.0. The number of aliphatic carboxylic acids is 1. The van der Waals surface area contributed by atoms with Crippen LogP contribution in [0.4, 0.5) is 0 Å². The highest BCUT2D eigenvalue weighted by Gasteiger charge is 2.18. The summed E-state index contributed by atoms with van der Waals surface area (Å²) in [4.78, 5) is 15.0. The van der Waals surface area contributed by atoms with E-state index in [2.05, 4.69) is 40.5 Å². The summed E-state index contributed by atoms with van der Waals surface area (Å²) in [5.74, 6) is 0.390. The van der Waals surface area contributed by atoms with E-state index in [0.717, 1.165) is 27.3 Å². The van der Waals surface area contributed by atoms with Crippen LogP contribution in [0.1, 0.15) is 22.9 Å². The lowest BCUT2D eigenvalue weighted by Gasteiger charge is -2.13. The number of aromatic nitrogens is 4. The predicted molar refractivity (Wildman–Crippen MR) is 130 cm³/mol. The fraction of sp³-hybridized carbons (Fsp3) is 0.280. The van der Waals surface area contributed by atoms with Crippen molar-refractivity contribution < 1.29 is 19.4 Å². The Morgan fingerprint density at radius 3 is 2.44 bits per heavy atom. The molecule has 9 heteroatoms. The van der Waals surface area contributed by atoms with Crippen molar-refractivity contribution in [3.8, 4) is 27.6 Å². The highest BCUT2D eigenvalue weighted by atomic mass is 32.1. The maximum atomic E-state index is 11.3. The molecule has 4 rings (SSSR count). The number of carboxylic acids is 1. The van der Waals surface area contributed by atoms with Gasteiger partial charge in [-0.15, -0.1) is 21.5 Å². The average molecular weight is 479 g/mol. The summed E-state index contributed by atoms with van der Waals surface area (Å²) in [6.07, 6.45) is -0.516. The van der Waals surface area contributed by atoms with Crippen LogP contribution in [0.25, 0.3) is 21.8 Å². The second-order valence-corrected chi connectivity index (χ2v) is 8.95. The van der Waals surface area contributed by atoms with Crippen molar-refractivity contribution in [2.45, 2.75) is 33.0 Å². The van der Waals surface area contributed by atoms with Gasteiger partial charge in [-0.25, -0.2) is 4.79 Å². The summed E-state index contributed by atoms with van der Waals surface area (Å²) < 4.78 is 11.3. The molecule has 0 aliphatic carbocycles. The first-order valence-electron chi connectivity index (χ1n) is 10.9. The molecule has 0 unspecified atom stereocenters. The van der Waals surface area contributed by atoms with Gasteiger partial charge in [-0.1, -0.05) is 36.4 Å². The minimum atomic E-state index is -0.953. The third-order valence-electron chi connectivity index (χ3n) is 5.31. The minimum absolute atomic E-state index is 0.322. The molecule has 0 fully saturated rings. The number of carboxylic acid groups (broad SMARTS) is 1. The second-order valence-electron chi connectivity index (χ2n) is 7.82. The van der Waals surface area contributed by atoms with Crippen molar-refractivity contribution in [3.63, 3.8) is 0 Å². The van der Waals surface area contributed by atoms with Crippen LogP contribution in [-0.2, 0) is 29.6 Å². The van der Waals surface area contributed by atoms with E-state index in [1.165, 1.54) is 15.2 Å². The Morgan fingerprint density at radius 2 is 1.82 bits per heavy atom. The molecule has 8 nitrogen and oxygen atoms in total. The van der Waals surface area contributed by atoms with Crippen LogP contribution in [-0.4, -0.2) is 44.0 Å². The van der Waals surface area contributed by atoms with E-state index in [-0.39, 0.29) is 0 Å². The third kappa shape index (κ3) is 5.67. The fourth-order valence-electron chi connectivity index (χ4n) is 3.49. The van der Waals surface area contributed by atoms with Gasteiger partial charge >= 0.3 is 5.97 Å². The molecule has 176 valence electrons. The van der Waals surface area contributed by atoms with Gasteiger partial charge in [0, 0.05) is 28.3 Å². The van der Waals surface area contributed by atoms with Crippen LogP contribution in [0.5, 0.6) is 5.75 Å². The lowest BCUT2D eigenvalue weighted by atomic mass is 10.1. The fourth-order valence-corrected chi connectivity index (χ4v) is 4.58.